The van der Waals surface area contributed by atoms with Crippen LogP contribution < -0.4 is 0 Å². The van der Waals surface area contributed by atoms with E-state index in [9.17, 15) is 4.79 Å². The summed E-state index contributed by atoms with van der Waals surface area (Å²) in [6.45, 7) is 0. The average Bonchev–Trinajstić information content (AvgIpc) is 2.98. The van der Waals surface area contributed by atoms with Crippen LogP contribution in [0.2, 0.25) is 0 Å². The van der Waals surface area contributed by atoms with Gasteiger partial charge in [0.15, 0.2) is 6.10 Å². The molecule has 0 saturated carbocycles. The van der Waals surface area contributed by atoms with Crippen LogP contribution >= 0.6 is 0 Å². The molecule has 1 radical (unpaired) electrons. The van der Waals surface area contributed by atoms with Gasteiger partial charge >= 0.3 is 0 Å². The molecule has 2 heterocycles. The van der Waals surface area contributed by atoms with Crippen LogP contribution in [0.25, 0.3) is 0 Å². The summed E-state index contributed by atoms with van der Waals surface area (Å²) >= 11 is 0. The first-order chi connectivity index (χ1) is 9.36. The van der Waals surface area contributed by atoms with E-state index in [1.807, 2.05) is 30.6 Å². The van der Waals surface area contributed by atoms with E-state index >= 15 is 0 Å². The SMILES string of the molecule is O=[C]c1ccc(C2CC(c3cccnc3)=NO2)cc1. The van der Waals surface area contributed by atoms with Crippen LogP contribution in [-0.4, -0.2) is 17.0 Å². The Morgan fingerprint density at radius 2 is 2.05 bits per heavy atom. The molecule has 4 nitrogen and oxygen atoms in total. The minimum Gasteiger partial charge on any atom is -0.387 e. The molecule has 1 aromatic heterocycles. The maximum absolute atomic E-state index is 10.5. The molecule has 0 bridgehead atoms. The zero-order chi connectivity index (χ0) is 13.1. The summed E-state index contributed by atoms with van der Waals surface area (Å²) in [5.41, 5.74) is 3.41. The number of carbonyl (C=O) groups excluding carboxylic acids is 1. The smallest absolute Gasteiger partial charge is 0.233 e. The quantitative estimate of drug-likeness (QED) is 0.841. The number of aromatic nitrogens is 1. The molecule has 0 N–H and O–H groups in total. The number of hydrogen-bond donors (Lipinski definition) is 0. The van der Waals surface area contributed by atoms with Gasteiger partial charge in [0.05, 0.1) is 5.71 Å². The number of hydrogen-bond acceptors (Lipinski definition) is 4. The number of nitrogens with zero attached hydrogens (tertiary/aromatic N) is 2. The molecule has 0 saturated heterocycles. The Balaban J connectivity index is 1.75. The molecule has 0 amide bonds. The van der Waals surface area contributed by atoms with Crippen molar-refractivity contribution >= 4 is 12.0 Å². The number of rotatable bonds is 3. The normalized spacial score (nSPS) is 17.7. The first kappa shape index (κ1) is 11.6. The summed E-state index contributed by atoms with van der Waals surface area (Å²) in [6, 6.07) is 11.0. The van der Waals surface area contributed by atoms with E-state index in [1.54, 1.807) is 24.5 Å². The maximum Gasteiger partial charge on any atom is 0.233 e. The second kappa shape index (κ2) is 5.02. The van der Waals surface area contributed by atoms with Crippen molar-refractivity contribution in [2.75, 3.05) is 0 Å². The molecule has 4 heteroatoms. The lowest BCUT2D eigenvalue weighted by Gasteiger charge is -2.08. The summed E-state index contributed by atoms with van der Waals surface area (Å²) in [6.07, 6.45) is 5.96. The van der Waals surface area contributed by atoms with Crippen LogP contribution in [0.3, 0.4) is 0 Å². The topological polar surface area (TPSA) is 51.5 Å². The Hall–Kier alpha value is -2.49. The van der Waals surface area contributed by atoms with Crippen molar-refractivity contribution in [1.29, 1.82) is 0 Å². The van der Waals surface area contributed by atoms with Crippen LogP contribution in [0.1, 0.15) is 29.2 Å². The first-order valence-corrected chi connectivity index (χ1v) is 5.98. The molecule has 1 atom stereocenters. The van der Waals surface area contributed by atoms with Crippen molar-refractivity contribution in [3.8, 4) is 0 Å². The van der Waals surface area contributed by atoms with Gasteiger partial charge < -0.3 is 4.84 Å². The van der Waals surface area contributed by atoms with Gasteiger partial charge in [0, 0.05) is 29.9 Å². The lowest BCUT2D eigenvalue weighted by molar-refractivity contribution is 0.0857. The van der Waals surface area contributed by atoms with Gasteiger partial charge in [-0.2, -0.15) is 0 Å². The van der Waals surface area contributed by atoms with Crippen molar-refractivity contribution in [3.63, 3.8) is 0 Å². The number of benzene rings is 1. The van der Waals surface area contributed by atoms with Gasteiger partial charge in [0.2, 0.25) is 6.29 Å². The molecule has 2 aromatic rings. The predicted octanol–water partition coefficient (Wildman–Crippen LogP) is 2.41. The average molecular weight is 251 g/mol. The summed E-state index contributed by atoms with van der Waals surface area (Å²) in [4.78, 5) is 20.0. The van der Waals surface area contributed by atoms with E-state index in [4.69, 9.17) is 4.84 Å². The third kappa shape index (κ3) is 2.38. The zero-order valence-electron chi connectivity index (χ0n) is 10.1. The van der Waals surface area contributed by atoms with Crippen LogP contribution in [0.5, 0.6) is 0 Å². The van der Waals surface area contributed by atoms with Gasteiger partial charge in [-0.05, 0) is 17.7 Å². The first-order valence-electron chi connectivity index (χ1n) is 5.98. The van der Waals surface area contributed by atoms with Gasteiger partial charge in [-0.15, -0.1) is 0 Å². The second-order valence-corrected chi connectivity index (χ2v) is 4.30. The molecular formula is C15H11N2O2. The summed E-state index contributed by atoms with van der Waals surface area (Å²) in [7, 11) is 0. The third-order valence-electron chi connectivity index (χ3n) is 3.06. The molecule has 19 heavy (non-hydrogen) atoms. The van der Waals surface area contributed by atoms with E-state index in [0.717, 1.165) is 16.8 Å². The minimum atomic E-state index is -0.101. The van der Waals surface area contributed by atoms with E-state index in [1.165, 1.54) is 0 Å². The highest BCUT2D eigenvalue weighted by atomic mass is 16.6. The fraction of sp³-hybridized carbons (Fsp3) is 0.133. The van der Waals surface area contributed by atoms with Gasteiger partial charge in [-0.25, -0.2) is 0 Å². The van der Waals surface area contributed by atoms with E-state index in [0.29, 0.717) is 12.0 Å². The monoisotopic (exact) mass is 251 g/mol. The molecule has 1 aliphatic heterocycles. The summed E-state index contributed by atoms with van der Waals surface area (Å²) < 4.78 is 0. The van der Waals surface area contributed by atoms with Crippen LogP contribution in [-0.2, 0) is 9.63 Å². The Morgan fingerprint density at radius 3 is 2.74 bits per heavy atom. The molecule has 1 aromatic carbocycles. The van der Waals surface area contributed by atoms with Crippen molar-refractivity contribution in [3.05, 3.63) is 65.5 Å². The Labute approximate surface area is 110 Å². The van der Waals surface area contributed by atoms with Crippen LogP contribution in [0.4, 0.5) is 0 Å². The molecule has 93 valence electrons. The zero-order valence-corrected chi connectivity index (χ0v) is 10.1. The molecule has 0 fully saturated rings. The standard InChI is InChI=1S/C15H11N2O2/c18-10-11-3-5-12(6-4-11)15-8-14(17-19-15)13-2-1-7-16-9-13/h1-7,9,15H,8H2. The highest BCUT2D eigenvalue weighted by Crippen LogP contribution is 2.29. The van der Waals surface area contributed by atoms with Crippen LogP contribution in [0.15, 0.2) is 53.9 Å². The molecular weight excluding hydrogens is 240 g/mol. The lowest BCUT2D eigenvalue weighted by atomic mass is 10.0. The van der Waals surface area contributed by atoms with Gasteiger partial charge in [0.1, 0.15) is 0 Å². The van der Waals surface area contributed by atoms with Crippen molar-refractivity contribution in [2.45, 2.75) is 12.5 Å². The van der Waals surface area contributed by atoms with Crippen molar-refractivity contribution in [2.24, 2.45) is 5.16 Å². The van der Waals surface area contributed by atoms with E-state index in [2.05, 4.69) is 10.1 Å². The van der Waals surface area contributed by atoms with Crippen molar-refractivity contribution < 1.29 is 9.63 Å². The molecule has 1 aliphatic rings. The minimum absolute atomic E-state index is 0.101. The number of oxime groups is 1. The van der Waals surface area contributed by atoms with Gasteiger partial charge in [-0.3, -0.25) is 9.78 Å². The third-order valence-corrected chi connectivity index (χ3v) is 3.06. The fourth-order valence-electron chi connectivity index (χ4n) is 2.03. The highest BCUT2D eigenvalue weighted by molar-refractivity contribution is 6.01. The van der Waals surface area contributed by atoms with E-state index in [-0.39, 0.29) is 6.10 Å². The van der Waals surface area contributed by atoms with Crippen molar-refractivity contribution in [1.82, 2.24) is 4.98 Å². The Kier molecular flexibility index (Phi) is 3.06. The molecule has 3 rings (SSSR count). The summed E-state index contributed by atoms with van der Waals surface area (Å²) in [5.74, 6) is 0. The molecule has 0 aliphatic carbocycles. The van der Waals surface area contributed by atoms with Gasteiger partial charge in [0.25, 0.3) is 0 Å². The van der Waals surface area contributed by atoms with Gasteiger partial charge in [-0.1, -0.05) is 29.4 Å². The Morgan fingerprint density at radius 1 is 1.21 bits per heavy atom. The largest absolute Gasteiger partial charge is 0.387 e. The number of pyridine rings is 1. The highest BCUT2D eigenvalue weighted by Gasteiger charge is 2.23. The predicted molar refractivity (Wildman–Crippen MR) is 70.5 cm³/mol. The maximum atomic E-state index is 10.5. The fourth-order valence-corrected chi connectivity index (χ4v) is 2.03. The molecule has 0 spiro atoms. The lowest BCUT2D eigenvalue weighted by Crippen LogP contribution is -2.02. The Bertz CT molecular complexity index is 606. The van der Waals surface area contributed by atoms with Crippen LogP contribution in [0, 0.1) is 0 Å². The summed E-state index contributed by atoms with van der Waals surface area (Å²) in [5, 5.41) is 4.11. The second-order valence-electron chi connectivity index (χ2n) is 4.30. The van der Waals surface area contributed by atoms with E-state index < -0.39 is 0 Å². The molecule has 1 unspecified atom stereocenters.